The van der Waals surface area contributed by atoms with Crippen molar-refractivity contribution >= 4 is 11.6 Å². The van der Waals surface area contributed by atoms with E-state index in [1.165, 1.54) is 5.56 Å². The Morgan fingerprint density at radius 3 is 2.67 bits per heavy atom. The summed E-state index contributed by atoms with van der Waals surface area (Å²) in [5, 5.41) is 12.5. The summed E-state index contributed by atoms with van der Waals surface area (Å²) in [4.78, 5) is 4.30. The lowest BCUT2D eigenvalue weighted by atomic mass is 10.1. The Bertz CT molecular complexity index is 623. The van der Waals surface area contributed by atoms with Crippen LogP contribution >= 0.6 is 0 Å². The van der Waals surface area contributed by atoms with Gasteiger partial charge in [0.2, 0.25) is 0 Å². The molecule has 0 radical (unpaired) electrons. The Kier molecular flexibility index (Phi) is 5.21. The molecule has 2 aromatic rings. The quantitative estimate of drug-likeness (QED) is 0.583. The van der Waals surface area contributed by atoms with Crippen LogP contribution in [0.15, 0.2) is 53.5 Å². The van der Waals surface area contributed by atoms with Crippen LogP contribution in [-0.4, -0.2) is 17.6 Å². The maximum absolute atomic E-state index is 9.39. The van der Waals surface area contributed by atoms with Gasteiger partial charge < -0.3 is 16.2 Å². The first-order chi connectivity index (χ1) is 10.2. The van der Waals surface area contributed by atoms with Gasteiger partial charge in [-0.3, -0.25) is 4.99 Å². The van der Waals surface area contributed by atoms with Gasteiger partial charge in [-0.05, 0) is 48.2 Å². The number of nitrogens with zero attached hydrogens (tertiary/aromatic N) is 1. The van der Waals surface area contributed by atoms with E-state index in [0.29, 0.717) is 12.5 Å². The molecule has 0 unspecified atom stereocenters. The highest BCUT2D eigenvalue weighted by atomic mass is 16.3. The Morgan fingerprint density at radius 2 is 1.90 bits per heavy atom. The predicted molar refractivity (Wildman–Crippen MR) is 87.7 cm³/mol. The summed E-state index contributed by atoms with van der Waals surface area (Å²) in [6, 6.07) is 15.3. The van der Waals surface area contributed by atoms with Gasteiger partial charge in [-0.25, -0.2) is 0 Å². The van der Waals surface area contributed by atoms with Crippen molar-refractivity contribution in [2.45, 2.75) is 19.8 Å². The maximum Gasteiger partial charge on any atom is 0.193 e. The summed E-state index contributed by atoms with van der Waals surface area (Å²) in [6.45, 7) is 2.70. The molecule has 0 fully saturated rings. The first-order valence-electron chi connectivity index (χ1n) is 7.11. The number of hydrogen-bond acceptors (Lipinski definition) is 2. The van der Waals surface area contributed by atoms with Gasteiger partial charge in [0, 0.05) is 12.2 Å². The second-order valence-electron chi connectivity index (χ2n) is 4.87. The molecule has 110 valence electrons. The Morgan fingerprint density at radius 1 is 1.14 bits per heavy atom. The molecule has 2 rings (SSSR count). The molecular formula is C17H21N3O. The zero-order valence-corrected chi connectivity index (χ0v) is 12.2. The van der Waals surface area contributed by atoms with E-state index in [4.69, 9.17) is 5.73 Å². The average molecular weight is 283 g/mol. The Labute approximate surface area is 125 Å². The minimum absolute atomic E-state index is 0.277. The number of anilines is 1. The van der Waals surface area contributed by atoms with Gasteiger partial charge in [0.25, 0.3) is 0 Å². The van der Waals surface area contributed by atoms with E-state index < -0.39 is 0 Å². The third-order valence-corrected chi connectivity index (χ3v) is 3.20. The van der Waals surface area contributed by atoms with Crippen LogP contribution < -0.4 is 11.1 Å². The second kappa shape index (κ2) is 7.33. The molecule has 2 aromatic carbocycles. The van der Waals surface area contributed by atoms with Crippen LogP contribution in [0.5, 0.6) is 5.75 Å². The largest absolute Gasteiger partial charge is 0.508 e. The van der Waals surface area contributed by atoms with Crippen molar-refractivity contribution in [1.82, 2.24) is 0 Å². The van der Waals surface area contributed by atoms with E-state index in [9.17, 15) is 5.11 Å². The van der Waals surface area contributed by atoms with Gasteiger partial charge in [0.1, 0.15) is 5.75 Å². The minimum Gasteiger partial charge on any atom is -0.508 e. The topological polar surface area (TPSA) is 70.6 Å². The van der Waals surface area contributed by atoms with Crippen LogP contribution in [-0.2, 0) is 12.8 Å². The van der Waals surface area contributed by atoms with Crippen LogP contribution in [0.25, 0.3) is 0 Å². The van der Waals surface area contributed by atoms with Crippen molar-refractivity contribution in [2.75, 3.05) is 11.9 Å². The molecule has 0 amide bonds. The molecule has 21 heavy (non-hydrogen) atoms. The van der Waals surface area contributed by atoms with Crippen molar-refractivity contribution in [3.63, 3.8) is 0 Å². The van der Waals surface area contributed by atoms with E-state index >= 15 is 0 Å². The summed E-state index contributed by atoms with van der Waals surface area (Å²) in [6.07, 6.45) is 1.73. The Hall–Kier alpha value is -2.49. The minimum atomic E-state index is 0.277. The van der Waals surface area contributed by atoms with Gasteiger partial charge in [-0.2, -0.15) is 0 Å². The molecule has 0 heterocycles. The van der Waals surface area contributed by atoms with Gasteiger partial charge in [0.15, 0.2) is 5.96 Å². The number of rotatable bonds is 5. The molecule has 0 aliphatic heterocycles. The van der Waals surface area contributed by atoms with Crippen LogP contribution in [0.4, 0.5) is 5.69 Å². The van der Waals surface area contributed by atoms with E-state index in [0.717, 1.165) is 24.1 Å². The first-order valence-corrected chi connectivity index (χ1v) is 7.11. The fourth-order valence-corrected chi connectivity index (χ4v) is 2.07. The highest BCUT2D eigenvalue weighted by Gasteiger charge is 1.97. The van der Waals surface area contributed by atoms with Crippen molar-refractivity contribution in [3.05, 3.63) is 59.7 Å². The Balaban J connectivity index is 1.89. The molecule has 0 spiro atoms. The lowest BCUT2D eigenvalue weighted by Gasteiger charge is -2.07. The fourth-order valence-electron chi connectivity index (χ4n) is 2.07. The number of nitrogens with two attached hydrogens (primary N) is 1. The van der Waals surface area contributed by atoms with E-state index in [1.54, 1.807) is 12.1 Å². The predicted octanol–water partition coefficient (Wildman–Crippen LogP) is 2.92. The molecule has 4 heteroatoms. The number of phenolic OH excluding ortho intramolecular Hbond substituents is 1. The molecule has 0 saturated carbocycles. The SMILES string of the molecule is CCc1cccc(NC(N)=NCCc2cccc(O)c2)c1. The first kappa shape index (κ1) is 14.9. The second-order valence-corrected chi connectivity index (χ2v) is 4.87. The monoisotopic (exact) mass is 283 g/mol. The summed E-state index contributed by atoms with van der Waals surface area (Å²) >= 11 is 0. The average Bonchev–Trinajstić information content (AvgIpc) is 2.47. The van der Waals surface area contributed by atoms with Gasteiger partial charge in [-0.15, -0.1) is 0 Å². The maximum atomic E-state index is 9.39. The third kappa shape index (κ3) is 4.84. The van der Waals surface area contributed by atoms with Gasteiger partial charge >= 0.3 is 0 Å². The number of aromatic hydroxyl groups is 1. The fraction of sp³-hybridized carbons (Fsp3) is 0.235. The third-order valence-electron chi connectivity index (χ3n) is 3.20. The zero-order valence-electron chi connectivity index (χ0n) is 12.2. The smallest absolute Gasteiger partial charge is 0.193 e. The molecule has 0 aliphatic rings. The normalized spacial score (nSPS) is 11.4. The molecule has 4 N–H and O–H groups in total. The van der Waals surface area contributed by atoms with Crippen LogP contribution in [0.1, 0.15) is 18.1 Å². The number of hydrogen-bond donors (Lipinski definition) is 3. The molecule has 0 saturated heterocycles. The van der Waals surface area contributed by atoms with Crippen molar-refractivity contribution in [2.24, 2.45) is 10.7 Å². The van der Waals surface area contributed by atoms with Gasteiger partial charge in [-0.1, -0.05) is 31.2 Å². The zero-order chi connectivity index (χ0) is 15.1. The van der Waals surface area contributed by atoms with Crippen molar-refractivity contribution in [1.29, 1.82) is 0 Å². The molecular weight excluding hydrogens is 262 g/mol. The molecule has 0 atom stereocenters. The van der Waals surface area contributed by atoms with Crippen LogP contribution in [0, 0.1) is 0 Å². The lowest BCUT2D eigenvalue weighted by molar-refractivity contribution is 0.474. The molecule has 0 aliphatic carbocycles. The summed E-state index contributed by atoms with van der Waals surface area (Å²) in [7, 11) is 0. The van der Waals surface area contributed by atoms with E-state index in [2.05, 4.69) is 29.4 Å². The molecule has 4 nitrogen and oxygen atoms in total. The summed E-state index contributed by atoms with van der Waals surface area (Å²) < 4.78 is 0. The highest BCUT2D eigenvalue weighted by molar-refractivity contribution is 5.92. The molecule has 0 aromatic heterocycles. The van der Waals surface area contributed by atoms with Crippen molar-refractivity contribution < 1.29 is 5.11 Å². The van der Waals surface area contributed by atoms with Crippen molar-refractivity contribution in [3.8, 4) is 5.75 Å². The number of aliphatic imine (C=N–C) groups is 1. The van der Waals surface area contributed by atoms with Crippen LogP contribution in [0.2, 0.25) is 0 Å². The number of nitrogens with one attached hydrogen (secondary N) is 1. The van der Waals surface area contributed by atoms with E-state index in [-0.39, 0.29) is 5.75 Å². The van der Waals surface area contributed by atoms with Gasteiger partial charge in [0.05, 0.1) is 0 Å². The summed E-state index contributed by atoms with van der Waals surface area (Å²) in [5.41, 5.74) is 9.13. The standard InChI is InChI=1S/C17H21N3O/c1-2-13-5-3-7-15(11-13)20-17(18)19-10-9-14-6-4-8-16(21)12-14/h3-8,11-12,21H,2,9-10H2,1H3,(H3,18,19,20). The number of aryl methyl sites for hydroxylation is 1. The number of phenols is 1. The lowest BCUT2D eigenvalue weighted by Crippen LogP contribution is -2.23. The molecule has 0 bridgehead atoms. The number of benzene rings is 2. The van der Waals surface area contributed by atoms with Crippen LogP contribution in [0.3, 0.4) is 0 Å². The summed E-state index contributed by atoms with van der Waals surface area (Å²) in [5.74, 6) is 0.683. The highest BCUT2D eigenvalue weighted by Crippen LogP contribution is 2.12. The van der Waals surface area contributed by atoms with E-state index in [1.807, 2.05) is 24.3 Å². The number of guanidine groups is 1.